The quantitative estimate of drug-likeness (QED) is 0.778. The van der Waals surface area contributed by atoms with Gasteiger partial charge in [0.15, 0.2) is 0 Å². The summed E-state index contributed by atoms with van der Waals surface area (Å²) >= 11 is 0. The number of likely N-dealkylation sites (tertiary alicyclic amines) is 1. The van der Waals surface area contributed by atoms with Crippen LogP contribution in [0.3, 0.4) is 0 Å². The first kappa shape index (κ1) is 15.0. The van der Waals surface area contributed by atoms with Crippen LogP contribution < -0.4 is 0 Å². The summed E-state index contributed by atoms with van der Waals surface area (Å²) in [5.74, 6) is 0. The molecule has 1 saturated heterocycles. The number of nitrogens with zero attached hydrogens (tertiary/aromatic N) is 1. The summed E-state index contributed by atoms with van der Waals surface area (Å²) in [6.07, 6.45) is 2.28. The average molecular weight is 277 g/mol. The Morgan fingerprint density at radius 2 is 2.06 bits per heavy atom. The summed E-state index contributed by atoms with van der Waals surface area (Å²) < 4.78 is 35.1. The van der Waals surface area contributed by atoms with E-state index in [4.69, 9.17) is 9.29 Å². The normalized spacial score (nSPS) is 21.6. The smallest absolute Gasteiger partial charge is 0.410 e. The molecule has 1 amide bonds. The Bertz CT molecular complexity index is 435. The van der Waals surface area contributed by atoms with Crippen molar-refractivity contribution in [3.8, 4) is 0 Å². The van der Waals surface area contributed by atoms with Crippen molar-refractivity contribution < 1.29 is 22.5 Å². The lowest BCUT2D eigenvalue weighted by Gasteiger charge is -2.27. The molecular formula is C11H19NO5S. The number of amides is 1. The summed E-state index contributed by atoms with van der Waals surface area (Å²) in [5.41, 5.74) is -0.586. The first-order chi connectivity index (χ1) is 8.08. The van der Waals surface area contributed by atoms with Crippen LogP contribution in [0, 0.1) is 0 Å². The Balaban J connectivity index is 2.71. The van der Waals surface area contributed by atoms with Crippen LogP contribution in [0.4, 0.5) is 4.79 Å². The number of hydrogen-bond acceptors (Lipinski definition) is 4. The van der Waals surface area contributed by atoms with E-state index in [0.29, 0.717) is 18.4 Å². The predicted octanol–water partition coefficient (Wildman–Crippen LogP) is 1.79. The van der Waals surface area contributed by atoms with Gasteiger partial charge in [-0.25, -0.2) is 4.79 Å². The Morgan fingerprint density at radius 1 is 1.44 bits per heavy atom. The van der Waals surface area contributed by atoms with Crippen LogP contribution >= 0.6 is 0 Å². The molecule has 0 spiro atoms. The third-order valence-corrected chi connectivity index (χ3v) is 2.90. The molecule has 0 aromatic carbocycles. The second kappa shape index (κ2) is 5.27. The molecule has 1 fully saturated rings. The van der Waals surface area contributed by atoms with Gasteiger partial charge in [-0.3, -0.25) is 4.55 Å². The number of hydrogen-bond donors (Lipinski definition) is 1. The molecule has 7 heteroatoms. The molecule has 1 rings (SSSR count). The van der Waals surface area contributed by atoms with Crippen molar-refractivity contribution in [3.05, 3.63) is 11.5 Å². The van der Waals surface area contributed by atoms with Crippen LogP contribution in [-0.4, -0.2) is 42.2 Å². The molecule has 0 aromatic rings. The highest BCUT2D eigenvalue weighted by Crippen LogP contribution is 2.21. The molecule has 18 heavy (non-hydrogen) atoms. The van der Waals surface area contributed by atoms with Crippen molar-refractivity contribution in [1.82, 2.24) is 4.90 Å². The molecule has 6 nitrogen and oxygen atoms in total. The van der Waals surface area contributed by atoms with Gasteiger partial charge in [0.1, 0.15) is 5.60 Å². The third kappa shape index (κ3) is 5.05. The molecule has 1 N–H and O–H groups in total. The summed E-state index contributed by atoms with van der Waals surface area (Å²) in [7, 11) is -4.16. The van der Waals surface area contributed by atoms with E-state index in [2.05, 4.69) is 0 Å². The predicted molar refractivity (Wildman–Crippen MR) is 66.7 cm³/mol. The molecule has 1 unspecified atom stereocenters. The SMILES string of the molecule is CC(C)(C)OC(=O)N1CCCC1/C=C/S(=O)(=O)O. The largest absolute Gasteiger partial charge is 0.444 e. The van der Waals surface area contributed by atoms with Gasteiger partial charge in [0, 0.05) is 6.54 Å². The first-order valence-electron chi connectivity index (χ1n) is 5.74. The zero-order valence-electron chi connectivity index (χ0n) is 10.8. The highest BCUT2D eigenvalue weighted by Gasteiger charge is 2.30. The lowest BCUT2D eigenvalue weighted by molar-refractivity contribution is 0.0256. The first-order valence-corrected chi connectivity index (χ1v) is 7.24. The van der Waals surface area contributed by atoms with Gasteiger partial charge < -0.3 is 9.64 Å². The Hall–Kier alpha value is -1.08. The highest BCUT2D eigenvalue weighted by molar-refractivity contribution is 7.88. The monoisotopic (exact) mass is 277 g/mol. The molecule has 1 aliphatic rings. The van der Waals surface area contributed by atoms with E-state index in [-0.39, 0.29) is 6.04 Å². The maximum Gasteiger partial charge on any atom is 0.410 e. The van der Waals surface area contributed by atoms with Crippen LogP contribution in [0.15, 0.2) is 11.5 Å². The number of carbonyl (C=O) groups excluding carboxylic acids is 1. The molecule has 0 radical (unpaired) electrons. The molecule has 0 saturated carbocycles. The van der Waals surface area contributed by atoms with E-state index < -0.39 is 21.8 Å². The van der Waals surface area contributed by atoms with E-state index in [9.17, 15) is 13.2 Å². The van der Waals surface area contributed by atoms with Crippen LogP contribution in [0.5, 0.6) is 0 Å². The van der Waals surface area contributed by atoms with Gasteiger partial charge in [0.25, 0.3) is 10.1 Å². The van der Waals surface area contributed by atoms with E-state index in [1.54, 1.807) is 20.8 Å². The van der Waals surface area contributed by atoms with Crippen LogP contribution in [-0.2, 0) is 14.9 Å². The van der Waals surface area contributed by atoms with Gasteiger partial charge in [-0.1, -0.05) is 0 Å². The summed E-state index contributed by atoms with van der Waals surface area (Å²) in [4.78, 5) is 13.3. The summed E-state index contributed by atoms with van der Waals surface area (Å²) in [6, 6.07) is -0.346. The molecular weight excluding hydrogens is 258 g/mol. The lowest BCUT2D eigenvalue weighted by Crippen LogP contribution is -2.39. The van der Waals surface area contributed by atoms with Gasteiger partial charge in [-0.2, -0.15) is 8.42 Å². The van der Waals surface area contributed by atoms with Crippen LogP contribution in [0.25, 0.3) is 0 Å². The lowest BCUT2D eigenvalue weighted by atomic mass is 10.2. The Morgan fingerprint density at radius 3 is 2.56 bits per heavy atom. The number of ether oxygens (including phenoxy) is 1. The molecule has 1 heterocycles. The van der Waals surface area contributed by atoms with Crippen LogP contribution in [0.1, 0.15) is 33.6 Å². The Kier molecular flexibility index (Phi) is 4.39. The maximum absolute atomic E-state index is 11.9. The van der Waals surface area contributed by atoms with Gasteiger partial charge in [-0.05, 0) is 39.7 Å². The molecule has 0 bridgehead atoms. The van der Waals surface area contributed by atoms with E-state index in [1.165, 1.54) is 11.0 Å². The summed E-state index contributed by atoms with van der Waals surface area (Å²) in [6.45, 7) is 5.83. The van der Waals surface area contributed by atoms with Crippen molar-refractivity contribution in [2.45, 2.75) is 45.3 Å². The zero-order valence-corrected chi connectivity index (χ0v) is 11.6. The summed E-state index contributed by atoms with van der Waals surface area (Å²) in [5, 5.41) is 0.709. The van der Waals surface area contributed by atoms with Gasteiger partial charge in [0.05, 0.1) is 11.4 Å². The zero-order chi connectivity index (χ0) is 14.0. The van der Waals surface area contributed by atoms with Gasteiger partial charge >= 0.3 is 6.09 Å². The molecule has 1 aliphatic heterocycles. The fraction of sp³-hybridized carbons (Fsp3) is 0.727. The van der Waals surface area contributed by atoms with Crippen molar-refractivity contribution in [2.24, 2.45) is 0 Å². The maximum atomic E-state index is 11.9. The molecule has 0 aliphatic carbocycles. The van der Waals surface area contributed by atoms with Crippen LogP contribution in [0.2, 0.25) is 0 Å². The fourth-order valence-electron chi connectivity index (χ4n) is 1.73. The van der Waals surface area contributed by atoms with Crippen molar-refractivity contribution in [1.29, 1.82) is 0 Å². The topological polar surface area (TPSA) is 83.9 Å². The number of carbonyl (C=O) groups is 1. The van der Waals surface area contributed by atoms with Crippen molar-refractivity contribution >= 4 is 16.2 Å². The second-order valence-electron chi connectivity index (χ2n) is 5.23. The fourth-order valence-corrected chi connectivity index (χ4v) is 2.11. The average Bonchev–Trinajstić information content (AvgIpc) is 2.58. The van der Waals surface area contributed by atoms with E-state index in [1.807, 2.05) is 0 Å². The third-order valence-electron chi connectivity index (χ3n) is 2.40. The highest BCUT2D eigenvalue weighted by atomic mass is 32.2. The minimum Gasteiger partial charge on any atom is -0.444 e. The minimum atomic E-state index is -4.16. The molecule has 104 valence electrons. The van der Waals surface area contributed by atoms with Gasteiger partial charge in [-0.15, -0.1) is 0 Å². The standard InChI is InChI=1S/C11H19NO5S/c1-11(2,3)17-10(13)12-7-4-5-9(12)6-8-18(14,15)16/h6,8-9H,4-5,7H2,1-3H3,(H,14,15,16)/b8-6+. The van der Waals surface area contributed by atoms with Crippen molar-refractivity contribution in [3.63, 3.8) is 0 Å². The van der Waals surface area contributed by atoms with E-state index in [0.717, 1.165) is 6.42 Å². The van der Waals surface area contributed by atoms with Crippen molar-refractivity contribution in [2.75, 3.05) is 6.54 Å². The second-order valence-corrected chi connectivity index (χ2v) is 6.53. The molecule has 1 atom stereocenters. The minimum absolute atomic E-state index is 0.346. The molecule has 0 aromatic heterocycles. The Labute approximate surface area is 107 Å². The number of rotatable bonds is 2. The van der Waals surface area contributed by atoms with Gasteiger partial charge in [0.2, 0.25) is 0 Å². The van der Waals surface area contributed by atoms with E-state index >= 15 is 0 Å².